The maximum absolute atomic E-state index is 11.8. The van der Waals surface area contributed by atoms with Crippen LogP contribution in [0.3, 0.4) is 0 Å². The zero-order chi connectivity index (χ0) is 17.6. The Morgan fingerprint density at radius 1 is 1.12 bits per heavy atom. The second-order valence-corrected chi connectivity index (χ2v) is 8.51. The minimum Gasteiger partial charge on any atom is -0.321 e. The van der Waals surface area contributed by atoms with Gasteiger partial charge in [0.15, 0.2) is 5.75 Å². The Morgan fingerprint density at radius 3 is 2.33 bits per heavy atom. The van der Waals surface area contributed by atoms with E-state index >= 15 is 0 Å². The molecule has 2 rings (SSSR count). The molecule has 1 aliphatic rings. The molecular weight excluding hydrogens is 324 g/mol. The van der Waals surface area contributed by atoms with Gasteiger partial charge in [0.05, 0.1) is 6.10 Å². The largest absolute Gasteiger partial charge is 0.343 e. The van der Waals surface area contributed by atoms with Gasteiger partial charge in [-0.25, -0.2) is 0 Å². The predicted molar refractivity (Wildman–Crippen MR) is 96.7 cm³/mol. The van der Waals surface area contributed by atoms with Crippen molar-refractivity contribution in [2.24, 2.45) is 5.92 Å². The van der Waals surface area contributed by atoms with E-state index in [0.29, 0.717) is 11.7 Å². The molecule has 0 heterocycles. The summed E-state index contributed by atoms with van der Waals surface area (Å²) in [4.78, 5) is 5.10. The smallest absolute Gasteiger partial charge is 0.321 e. The van der Waals surface area contributed by atoms with Gasteiger partial charge in [0.25, 0.3) is 0 Å². The molecule has 2 unspecified atom stereocenters. The third-order valence-corrected chi connectivity index (χ3v) is 5.20. The molecule has 0 radical (unpaired) electrons. The molecule has 0 spiro atoms. The first-order valence-electron chi connectivity index (χ1n) is 8.89. The van der Waals surface area contributed by atoms with E-state index in [9.17, 15) is 4.21 Å². The summed E-state index contributed by atoms with van der Waals surface area (Å²) < 4.78 is 22.1. The lowest BCUT2D eigenvalue weighted by Crippen LogP contribution is -2.19. The summed E-state index contributed by atoms with van der Waals surface area (Å²) >= 11 is -1.90. The normalized spacial score (nSPS) is 19.0. The van der Waals surface area contributed by atoms with Gasteiger partial charge < -0.3 is 4.89 Å². The van der Waals surface area contributed by atoms with Crippen LogP contribution in [0.25, 0.3) is 0 Å². The fourth-order valence-electron chi connectivity index (χ4n) is 3.16. The summed E-state index contributed by atoms with van der Waals surface area (Å²) in [5.41, 5.74) is 1.29. The van der Waals surface area contributed by atoms with Gasteiger partial charge in [-0.2, -0.15) is 4.21 Å². The number of benzene rings is 1. The lowest BCUT2D eigenvalue weighted by Gasteiger charge is -2.23. The summed E-state index contributed by atoms with van der Waals surface area (Å²) in [5, 5.41) is 0. The molecule has 4 nitrogen and oxygen atoms in total. The van der Waals surface area contributed by atoms with Crippen molar-refractivity contribution in [3.63, 3.8) is 0 Å². The van der Waals surface area contributed by atoms with Crippen molar-refractivity contribution in [1.29, 1.82) is 0 Å². The highest BCUT2D eigenvalue weighted by molar-refractivity contribution is 7.75. The second kappa shape index (κ2) is 8.97. The summed E-state index contributed by atoms with van der Waals surface area (Å²) in [6, 6.07) is 7.58. The van der Waals surface area contributed by atoms with Crippen LogP contribution in [0.15, 0.2) is 24.3 Å². The van der Waals surface area contributed by atoms with E-state index in [0.717, 1.165) is 6.42 Å². The molecule has 1 saturated carbocycles. The Morgan fingerprint density at radius 2 is 1.75 bits per heavy atom. The quantitative estimate of drug-likeness (QED) is 0.495. The van der Waals surface area contributed by atoms with Crippen LogP contribution >= 0.6 is 0 Å². The van der Waals surface area contributed by atoms with Gasteiger partial charge >= 0.3 is 11.4 Å². The minimum atomic E-state index is -1.90. The first kappa shape index (κ1) is 19.4. The van der Waals surface area contributed by atoms with Crippen LogP contribution in [-0.4, -0.2) is 10.3 Å². The average molecular weight is 355 g/mol. The fourth-order valence-corrected chi connectivity index (χ4v) is 3.67. The molecule has 0 aliphatic heterocycles. The van der Waals surface area contributed by atoms with Gasteiger partial charge in [-0.1, -0.05) is 69.3 Å². The highest BCUT2D eigenvalue weighted by Gasteiger charge is 2.19. The molecule has 0 aromatic heterocycles. The minimum absolute atomic E-state index is 0.0832. The van der Waals surface area contributed by atoms with E-state index in [4.69, 9.17) is 13.4 Å². The standard InChI is InChI=1S/C19H30O4S/c1-15(14-16-8-6-5-7-9-16)22-24(20)23-21-18-12-10-17(11-13-18)19(2,3)4/h10-13,15-16H,5-9,14H2,1-4H3. The Hall–Kier alpha value is -0.910. The van der Waals surface area contributed by atoms with Gasteiger partial charge in [-0.05, 0) is 42.4 Å². The van der Waals surface area contributed by atoms with Gasteiger partial charge in [0, 0.05) is 0 Å². The zero-order valence-corrected chi connectivity index (χ0v) is 16.1. The zero-order valence-electron chi connectivity index (χ0n) is 15.2. The van der Waals surface area contributed by atoms with Crippen LogP contribution in [0.4, 0.5) is 0 Å². The molecule has 24 heavy (non-hydrogen) atoms. The molecular formula is C19H30O4S. The van der Waals surface area contributed by atoms with Crippen molar-refractivity contribution >= 4 is 11.4 Å². The van der Waals surface area contributed by atoms with E-state index in [1.807, 2.05) is 31.2 Å². The summed E-state index contributed by atoms with van der Waals surface area (Å²) in [6.07, 6.45) is 7.25. The van der Waals surface area contributed by atoms with Crippen LogP contribution in [0.1, 0.15) is 71.8 Å². The molecule has 1 aromatic rings. The molecule has 0 N–H and O–H groups in total. The molecule has 0 bridgehead atoms. The van der Waals surface area contributed by atoms with Crippen molar-refractivity contribution < 1.29 is 17.6 Å². The van der Waals surface area contributed by atoms with Crippen LogP contribution in [0, 0.1) is 5.92 Å². The predicted octanol–water partition coefficient (Wildman–Crippen LogP) is 5.25. The van der Waals surface area contributed by atoms with Crippen LogP contribution in [0.5, 0.6) is 5.75 Å². The van der Waals surface area contributed by atoms with E-state index in [2.05, 4.69) is 20.8 Å². The molecule has 2 atom stereocenters. The van der Waals surface area contributed by atoms with E-state index < -0.39 is 11.4 Å². The van der Waals surface area contributed by atoms with Crippen LogP contribution in [-0.2, 0) is 25.3 Å². The number of rotatable bonds is 7. The van der Waals surface area contributed by atoms with Crippen molar-refractivity contribution in [3.8, 4) is 5.75 Å². The third-order valence-electron chi connectivity index (χ3n) is 4.54. The molecule has 1 aliphatic carbocycles. The van der Waals surface area contributed by atoms with Crippen LogP contribution < -0.4 is 4.89 Å². The van der Waals surface area contributed by atoms with Crippen LogP contribution in [0.2, 0.25) is 0 Å². The van der Waals surface area contributed by atoms with Crippen molar-refractivity contribution in [2.75, 3.05) is 0 Å². The lowest BCUT2D eigenvalue weighted by molar-refractivity contribution is -0.0998. The molecule has 5 heteroatoms. The van der Waals surface area contributed by atoms with Gasteiger partial charge in [0.1, 0.15) is 0 Å². The Labute approximate surface area is 148 Å². The second-order valence-electron chi connectivity index (χ2n) is 7.78. The number of hydrogen-bond donors (Lipinski definition) is 0. The Balaban J connectivity index is 1.72. The summed E-state index contributed by atoms with van der Waals surface area (Å²) in [7, 11) is 0. The van der Waals surface area contributed by atoms with E-state index in [1.165, 1.54) is 37.7 Å². The first-order chi connectivity index (χ1) is 11.3. The van der Waals surface area contributed by atoms with Crippen molar-refractivity contribution in [1.82, 2.24) is 0 Å². The third kappa shape index (κ3) is 6.54. The lowest BCUT2D eigenvalue weighted by atomic mass is 9.86. The molecule has 1 aromatic carbocycles. The molecule has 136 valence electrons. The Bertz CT molecular complexity index is 515. The highest BCUT2D eigenvalue weighted by Crippen LogP contribution is 2.28. The van der Waals surface area contributed by atoms with Gasteiger partial charge in [-0.3, -0.25) is 4.18 Å². The Kier molecular flexibility index (Phi) is 7.26. The van der Waals surface area contributed by atoms with E-state index in [1.54, 1.807) is 0 Å². The van der Waals surface area contributed by atoms with Crippen molar-refractivity contribution in [2.45, 2.75) is 77.7 Å². The van der Waals surface area contributed by atoms with Crippen molar-refractivity contribution in [3.05, 3.63) is 29.8 Å². The molecule has 0 amide bonds. The average Bonchev–Trinajstić information content (AvgIpc) is 2.53. The maximum Gasteiger partial charge on any atom is 0.343 e. The summed E-state index contributed by atoms with van der Waals surface area (Å²) in [6.45, 7) is 8.38. The maximum atomic E-state index is 11.8. The highest BCUT2D eigenvalue weighted by atomic mass is 32.2. The summed E-state index contributed by atoms with van der Waals surface area (Å²) in [5.74, 6) is 1.19. The number of hydrogen-bond acceptors (Lipinski definition) is 4. The van der Waals surface area contributed by atoms with Gasteiger partial charge in [0.2, 0.25) is 0 Å². The topological polar surface area (TPSA) is 44.8 Å². The molecule has 0 saturated heterocycles. The monoisotopic (exact) mass is 354 g/mol. The first-order valence-corrected chi connectivity index (χ1v) is 9.89. The molecule has 1 fully saturated rings. The van der Waals surface area contributed by atoms with Gasteiger partial charge in [-0.15, -0.1) is 0 Å². The fraction of sp³-hybridized carbons (Fsp3) is 0.684. The van der Waals surface area contributed by atoms with E-state index in [-0.39, 0.29) is 11.5 Å². The SMILES string of the molecule is CC(CC1CCCCC1)OS(=O)OOc1ccc(C(C)(C)C)cc1.